The van der Waals surface area contributed by atoms with E-state index in [0.29, 0.717) is 5.69 Å². The Balaban J connectivity index is 1.55. The van der Waals surface area contributed by atoms with E-state index >= 15 is 0 Å². The lowest BCUT2D eigenvalue weighted by atomic mass is 10.0. The molecule has 1 aromatic rings. The van der Waals surface area contributed by atoms with E-state index in [0.717, 1.165) is 0 Å². The molecule has 3 N–H and O–H groups in total. The van der Waals surface area contributed by atoms with Gasteiger partial charge in [-0.3, -0.25) is 14.3 Å². The Bertz CT molecular complexity index is 1220. The number of benzene rings is 1. The largest absolute Gasteiger partial charge is 0.449 e. The van der Waals surface area contributed by atoms with Crippen LogP contribution in [0.25, 0.3) is 0 Å². The van der Waals surface area contributed by atoms with E-state index in [2.05, 4.69) is 10.6 Å². The van der Waals surface area contributed by atoms with Crippen molar-refractivity contribution in [2.75, 3.05) is 18.5 Å². The number of hydrogen-bond donors (Lipinski definition) is 3. The molecule has 2 saturated heterocycles. The molecule has 43 heavy (non-hydrogen) atoms. The van der Waals surface area contributed by atoms with Crippen LogP contribution in [0.5, 0.6) is 0 Å². The number of carbonyl (C=O) groups excluding carboxylic acids is 3. The van der Waals surface area contributed by atoms with E-state index < -0.39 is 76.9 Å². The summed E-state index contributed by atoms with van der Waals surface area (Å²) in [6.07, 6.45) is -3.79. The third kappa shape index (κ3) is 11.2. The van der Waals surface area contributed by atoms with Crippen molar-refractivity contribution in [3.8, 4) is 0 Å². The number of ether oxygens (including phenoxy) is 5. The van der Waals surface area contributed by atoms with Crippen molar-refractivity contribution in [1.29, 1.82) is 0 Å². The van der Waals surface area contributed by atoms with Gasteiger partial charge in [0.05, 0.1) is 19.3 Å². The molecule has 3 amide bonds. The van der Waals surface area contributed by atoms with Crippen LogP contribution >= 0.6 is 0 Å². The van der Waals surface area contributed by atoms with Crippen LogP contribution in [-0.2, 0) is 43.0 Å². The number of nitrogens with one attached hydrogen (secondary N) is 3. The summed E-state index contributed by atoms with van der Waals surface area (Å²) in [5.74, 6) is -1.99. The Labute approximate surface area is 252 Å². The Hall–Kier alpha value is -2.98. The highest BCUT2D eigenvalue weighted by molar-refractivity contribution is 7.85. The summed E-state index contributed by atoms with van der Waals surface area (Å²) in [6, 6.07) is 7.64. The Kier molecular flexibility index (Phi) is 11.4. The van der Waals surface area contributed by atoms with Crippen LogP contribution in [-0.4, -0.2) is 81.6 Å². The first-order valence-corrected chi connectivity index (χ1v) is 15.5. The fourth-order valence-electron chi connectivity index (χ4n) is 4.61. The monoisotopic (exact) mass is 629 g/mol. The number of carbonyl (C=O) groups is 3. The van der Waals surface area contributed by atoms with Crippen LogP contribution in [0.1, 0.15) is 61.3 Å². The number of hydrogen-bond acceptors (Lipinski definition) is 11. The molecule has 0 spiro atoms. The number of para-hydroxylation sites is 1. The molecule has 0 radical (unpaired) electrons. The molecule has 2 aliphatic heterocycles. The van der Waals surface area contributed by atoms with Crippen LogP contribution in [0, 0.1) is 5.92 Å². The summed E-state index contributed by atoms with van der Waals surface area (Å²) in [5, 5.41) is 5.03. The van der Waals surface area contributed by atoms with Gasteiger partial charge in [-0.15, -0.1) is 0 Å². The van der Waals surface area contributed by atoms with Gasteiger partial charge in [0, 0.05) is 12.1 Å². The highest BCUT2D eigenvalue weighted by Crippen LogP contribution is 2.40. The van der Waals surface area contributed by atoms with Crippen molar-refractivity contribution < 1.29 is 50.7 Å². The topological polar surface area (TPSA) is 177 Å². The third-order valence-electron chi connectivity index (χ3n) is 6.23. The van der Waals surface area contributed by atoms with Gasteiger partial charge in [0.2, 0.25) is 0 Å². The minimum Gasteiger partial charge on any atom is -0.449 e. The van der Waals surface area contributed by atoms with Gasteiger partial charge in [0.15, 0.2) is 5.79 Å². The third-order valence-corrected chi connectivity index (χ3v) is 7.13. The molecule has 0 aromatic heterocycles. The van der Waals surface area contributed by atoms with Crippen LogP contribution in [0.15, 0.2) is 30.3 Å². The van der Waals surface area contributed by atoms with Crippen LogP contribution in [0.3, 0.4) is 0 Å². The van der Waals surface area contributed by atoms with Gasteiger partial charge in [0.1, 0.15) is 30.0 Å². The quantitative estimate of drug-likeness (QED) is 0.309. The molecular weight excluding hydrogens is 586 g/mol. The summed E-state index contributed by atoms with van der Waals surface area (Å²) >= 11 is 0. The first-order valence-electron chi connectivity index (χ1n) is 14.1. The van der Waals surface area contributed by atoms with E-state index in [1.165, 1.54) is 0 Å². The maximum absolute atomic E-state index is 12.8. The molecule has 14 nitrogen and oxygen atoms in total. The van der Waals surface area contributed by atoms with E-state index in [4.69, 9.17) is 27.9 Å². The van der Waals surface area contributed by atoms with Crippen molar-refractivity contribution in [1.82, 2.24) is 10.0 Å². The molecule has 1 aromatic carbocycles. The smallest absolute Gasteiger partial charge is 0.411 e. The van der Waals surface area contributed by atoms with Gasteiger partial charge in [0.25, 0.3) is 5.91 Å². The summed E-state index contributed by atoms with van der Waals surface area (Å²) in [5.41, 5.74) is -0.225. The molecule has 2 heterocycles. The Morgan fingerprint density at radius 1 is 1.00 bits per heavy atom. The average molecular weight is 630 g/mol. The van der Waals surface area contributed by atoms with Gasteiger partial charge in [-0.25, -0.2) is 14.3 Å². The fraction of sp³-hybridized carbons (Fsp3) is 0.679. The van der Waals surface area contributed by atoms with Gasteiger partial charge >= 0.3 is 22.5 Å². The fourth-order valence-corrected chi connectivity index (χ4v) is 5.38. The molecule has 15 heteroatoms. The highest BCUT2D eigenvalue weighted by Gasteiger charge is 2.55. The second kappa shape index (κ2) is 14.2. The number of alkyl carbamates (subject to hydrolysis) is 1. The molecule has 5 unspecified atom stereocenters. The first-order chi connectivity index (χ1) is 19.9. The molecule has 242 valence electrons. The average Bonchev–Trinajstić information content (AvgIpc) is 3.34. The molecule has 2 aliphatic rings. The van der Waals surface area contributed by atoms with Crippen molar-refractivity contribution in [2.24, 2.45) is 5.92 Å². The lowest BCUT2D eigenvalue weighted by molar-refractivity contribution is -0.190. The predicted molar refractivity (Wildman–Crippen MR) is 154 cm³/mol. The SMILES string of the molecule is CC(C)CC(NC(=O)OC(C)(C)C)C(=O)NS(=O)(=O)OCC1OC(CCOC(=O)Nc2ccccc2)C2OC(C)(C)OC12. The molecule has 3 rings (SSSR count). The minimum absolute atomic E-state index is 0.000162. The van der Waals surface area contributed by atoms with Gasteiger partial charge in [-0.2, -0.15) is 8.42 Å². The maximum atomic E-state index is 12.8. The first kappa shape index (κ1) is 34.5. The van der Waals surface area contributed by atoms with Crippen molar-refractivity contribution >= 4 is 34.1 Å². The predicted octanol–water partition coefficient (Wildman–Crippen LogP) is 3.23. The Morgan fingerprint density at radius 3 is 2.23 bits per heavy atom. The van der Waals surface area contributed by atoms with Crippen LogP contribution in [0.2, 0.25) is 0 Å². The summed E-state index contributed by atoms with van der Waals surface area (Å²) in [6.45, 7) is 11.6. The van der Waals surface area contributed by atoms with Crippen molar-refractivity contribution in [3.05, 3.63) is 30.3 Å². The van der Waals surface area contributed by atoms with Crippen LogP contribution in [0.4, 0.5) is 15.3 Å². The van der Waals surface area contributed by atoms with E-state index in [1.54, 1.807) is 58.9 Å². The molecule has 0 bridgehead atoms. The molecule has 0 saturated carbocycles. The molecule has 5 atom stereocenters. The Morgan fingerprint density at radius 2 is 1.63 bits per heavy atom. The summed E-state index contributed by atoms with van der Waals surface area (Å²) in [4.78, 5) is 37.2. The lowest BCUT2D eigenvalue weighted by Gasteiger charge is -2.25. The zero-order valence-electron chi connectivity index (χ0n) is 25.6. The summed E-state index contributed by atoms with van der Waals surface area (Å²) < 4.78 is 60.7. The second-order valence-electron chi connectivity index (χ2n) is 12.2. The second-order valence-corrected chi connectivity index (χ2v) is 13.6. The van der Waals surface area contributed by atoms with E-state index in [-0.39, 0.29) is 25.4 Å². The van der Waals surface area contributed by atoms with Gasteiger partial charge in [-0.1, -0.05) is 32.0 Å². The minimum atomic E-state index is -4.60. The zero-order chi connectivity index (χ0) is 32.0. The maximum Gasteiger partial charge on any atom is 0.411 e. The number of anilines is 1. The summed E-state index contributed by atoms with van der Waals surface area (Å²) in [7, 11) is -4.60. The van der Waals surface area contributed by atoms with Gasteiger partial charge in [-0.05, 0) is 59.1 Å². The molecule has 0 aliphatic carbocycles. The zero-order valence-corrected chi connectivity index (χ0v) is 26.4. The number of rotatable bonds is 12. The lowest BCUT2D eigenvalue weighted by Crippen LogP contribution is -2.50. The number of fused-ring (bicyclic) bond motifs is 1. The normalized spacial score (nSPS) is 23.7. The van der Waals surface area contributed by atoms with Crippen LogP contribution < -0.4 is 15.4 Å². The molecule has 2 fully saturated rings. The van der Waals surface area contributed by atoms with E-state index in [1.807, 2.05) is 24.6 Å². The number of amides is 3. The van der Waals surface area contributed by atoms with Gasteiger partial charge < -0.3 is 29.0 Å². The standard InChI is InChI=1S/C28H43N3O11S/c1-17(2)15-19(30-26(34)42-27(3,4)5)24(32)31-43(35,36)38-16-21-23-22(40-28(6,7)41-23)20(39-21)13-14-37-25(33)29-18-11-9-8-10-12-18/h8-12,17,19-23H,13-16H2,1-7H3,(H,29,33)(H,30,34)(H,31,32). The van der Waals surface area contributed by atoms with E-state index in [9.17, 15) is 22.8 Å². The highest BCUT2D eigenvalue weighted by atomic mass is 32.2. The van der Waals surface area contributed by atoms with Crippen molar-refractivity contribution in [3.63, 3.8) is 0 Å². The van der Waals surface area contributed by atoms with Crippen molar-refractivity contribution in [2.45, 2.75) is 103 Å². The molecular formula is C28H43N3O11S.